The molecule has 0 unspecified atom stereocenters. The van der Waals surface area contributed by atoms with E-state index in [0.717, 1.165) is 0 Å². The van der Waals surface area contributed by atoms with Gasteiger partial charge in [0.05, 0.1) is 0 Å². The lowest BCUT2D eigenvalue weighted by Gasteiger charge is -2.13. The fourth-order valence-electron chi connectivity index (χ4n) is 0.924. The summed E-state index contributed by atoms with van der Waals surface area (Å²) >= 11 is 0. The summed E-state index contributed by atoms with van der Waals surface area (Å²) in [4.78, 5) is 9.72. The smallest absolute Gasteiger partial charge is 0.115 e. The van der Waals surface area contributed by atoms with Crippen LogP contribution in [-0.2, 0) is 0 Å². The summed E-state index contributed by atoms with van der Waals surface area (Å²) < 4.78 is 0. The number of rotatable bonds is 3. The van der Waals surface area contributed by atoms with Crippen molar-refractivity contribution in [2.75, 3.05) is 19.6 Å². The second-order valence-electron chi connectivity index (χ2n) is 2.52. The van der Waals surface area contributed by atoms with E-state index in [2.05, 4.69) is 35.6 Å². The molecular formula is C10H19N3. The van der Waals surface area contributed by atoms with Gasteiger partial charge < -0.3 is 4.90 Å². The van der Waals surface area contributed by atoms with Gasteiger partial charge in [0.15, 0.2) is 0 Å². The lowest BCUT2D eigenvalue weighted by molar-refractivity contribution is 0.321. The highest BCUT2D eigenvalue weighted by Crippen LogP contribution is 1.81. The second kappa shape index (κ2) is 9.13. The first-order valence-corrected chi connectivity index (χ1v) is 4.77. The van der Waals surface area contributed by atoms with Crippen LogP contribution in [0.25, 0.3) is 0 Å². The molecule has 3 nitrogen and oxygen atoms in total. The molecule has 0 N–H and O–H groups in total. The average molecular weight is 181 g/mol. The quantitative estimate of drug-likeness (QED) is 0.712. The van der Waals surface area contributed by atoms with Crippen molar-refractivity contribution in [2.45, 2.75) is 20.8 Å². The third-order valence-corrected chi connectivity index (χ3v) is 1.82. The predicted octanol–water partition coefficient (Wildman–Crippen LogP) is 1.82. The van der Waals surface area contributed by atoms with Crippen LogP contribution in [0.4, 0.5) is 0 Å². The first-order chi connectivity index (χ1) is 6.35. The Morgan fingerprint density at radius 1 is 0.923 bits per heavy atom. The van der Waals surface area contributed by atoms with Crippen molar-refractivity contribution in [3.8, 4) is 0 Å². The predicted molar refractivity (Wildman–Crippen MR) is 55.5 cm³/mol. The summed E-state index contributed by atoms with van der Waals surface area (Å²) in [5, 5.41) is 0. The minimum atomic E-state index is 1.19. The third kappa shape index (κ3) is 7.40. The van der Waals surface area contributed by atoms with Gasteiger partial charge in [-0.3, -0.25) is 0 Å². The molecule has 0 aromatic carbocycles. The van der Waals surface area contributed by atoms with Crippen molar-refractivity contribution < 1.29 is 0 Å². The van der Waals surface area contributed by atoms with E-state index in [1.807, 2.05) is 0 Å². The first kappa shape index (κ1) is 12.0. The standard InChI is InChI=1S/C6H15N.C4H4N2/c1-4-7(5-2)6-3;1-2-5-4-6-3-1/h4-6H2,1-3H3;1-4H. The molecule has 0 spiro atoms. The van der Waals surface area contributed by atoms with Crippen LogP contribution in [0.15, 0.2) is 24.8 Å². The summed E-state index contributed by atoms with van der Waals surface area (Å²) in [6.07, 6.45) is 4.88. The lowest BCUT2D eigenvalue weighted by atomic mass is 10.5. The maximum atomic E-state index is 3.67. The second-order valence-corrected chi connectivity index (χ2v) is 2.52. The molecule has 0 aliphatic heterocycles. The number of nitrogens with zero attached hydrogens (tertiary/aromatic N) is 3. The van der Waals surface area contributed by atoms with Crippen LogP contribution in [0.1, 0.15) is 20.8 Å². The summed E-state index contributed by atoms with van der Waals surface area (Å²) in [7, 11) is 0. The largest absolute Gasteiger partial charge is 0.304 e. The number of hydrogen-bond acceptors (Lipinski definition) is 3. The van der Waals surface area contributed by atoms with Crippen LogP contribution >= 0.6 is 0 Å². The molecule has 1 rings (SSSR count). The molecule has 0 fully saturated rings. The van der Waals surface area contributed by atoms with Gasteiger partial charge in [-0.2, -0.15) is 0 Å². The van der Waals surface area contributed by atoms with E-state index in [4.69, 9.17) is 0 Å². The van der Waals surface area contributed by atoms with E-state index in [1.165, 1.54) is 26.0 Å². The van der Waals surface area contributed by atoms with Gasteiger partial charge in [-0.15, -0.1) is 0 Å². The van der Waals surface area contributed by atoms with Crippen LogP contribution in [0.5, 0.6) is 0 Å². The average Bonchev–Trinajstić information content (AvgIpc) is 2.24. The van der Waals surface area contributed by atoms with E-state index in [1.54, 1.807) is 18.5 Å². The fourth-order valence-corrected chi connectivity index (χ4v) is 0.924. The van der Waals surface area contributed by atoms with Crippen molar-refractivity contribution in [1.29, 1.82) is 0 Å². The van der Waals surface area contributed by atoms with Crippen molar-refractivity contribution in [3.05, 3.63) is 24.8 Å². The highest BCUT2D eigenvalue weighted by molar-refractivity contribution is 4.74. The topological polar surface area (TPSA) is 29.0 Å². The summed E-state index contributed by atoms with van der Waals surface area (Å²) in [6, 6.07) is 1.78. The van der Waals surface area contributed by atoms with E-state index in [-0.39, 0.29) is 0 Å². The van der Waals surface area contributed by atoms with Crippen LogP contribution in [0, 0.1) is 0 Å². The zero-order valence-corrected chi connectivity index (χ0v) is 8.77. The maximum absolute atomic E-state index is 3.67. The molecule has 0 saturated heterocycles. The lowest BCUT2D eigenvalue weighted by Crippen LogP contribution is -2.21. The molecule has 0 bridgehead atoms. The molecule has 1 heterocycles. The van der Waals surface area contributed by atoms with Gasteiger partial charge in [0.2, 0.25) is 0 Å². The Morgan fingerprint density at radius 2 is 1.38 bits per heavy atom. The van der Waals surface area contributed by atoms with E-state index in [9.17, 15) is 0 Å². The van der Waals surface area contributed by atoms with Crippen molar-refractivity contribution in [1.82, 2.24) is 14.9 Å². The zero-order valence-electron chi connectivity index (χ0n) is 8.77. The molecular weight excluding hydrogens is 162 g/mol. The summed E-state index contributed by atoms with van der Waals surface area (Å²) in [5.74, 6) is 0. The molecule has 0 saturated carbocycles. The highest BCUT2D eigenvalue weighted by Gasteiger charge is 1.89. The van der Waals surface area contributed by atoms with Gasteiger partial charge in [-0.25, -0.2) is 9.97 Å². The Hall–Kier alpha value is -0.960. The van der Waals surface area contributed by atoms with Crippen LogP contribution in [0.3, 0.4) is 0 Å². The Balaban J connectivity index is 0.000000223. The molecule has 1 aromatic rings. The normalized spacial score (nSPS) is 9.23. The number of aromatic nitrogens is 2. The monoisotopic (exact) mass is 181 g/mol. The molecule has 3 heteroatoms. The zero-order chi connectivity index (χ0) is 9.94. The Labute approximate surface area is 80.8 Å². The Kier molecular flexibility index (Phi) is 8.46. The molecule has 1 aromatic heterocycles. The van der Waals surface area contributed by atoms with Crippen LogP contribution in [0.2, 0.25) is 0 Å². The van der Waals surface area contributed by atoms with Gasteiger partial charge in [-0.1, -0.05) is 20.8 Å². The molecule has 74 valence electrons. The maximum Gasteiger partial charge on any atom is 0.115 e. The molecule has 0 atom stereocenters. The summed E-state index contributed by atoms with van der Waals surface area (Å²) in [5.41, 5.74) is 0. The van der Waals surface area contributed by atoms with Crippen LogP contribution in [-0.4, -0.2) is 34.5 Å². The Bertz CT molecular complexity index is 141. The van der Waals surface area contributed by atoms with Crippen molar-refractivity contribution in [3.63, 3.8) is 0 Å². The molecule has 13 heavy (non-hydrogen) atoms. The molecule has 0 radical (unpaired) electrons. The highest BCUT2D eigenvalue weighted by atomic mass is 15.1. The van der Waals surface area contributed by atoms with Crippen molar-refractivity contribution in [2.24, 2.45) is 0 Å². The Morgan fingerprint density at radius 3 is 1.46 bits per heavy atom. The minimum Gasteiger partial charge on any atom is -0.304 e. The van der Waals surface area contributed by atoms with Gasteiger partial charge in [0, 0.05) is 12.4 Å². The van der Waals surface area contributed by atoms with E-state index in [0.29, 0.717) is 0 Å². The van der Waals surface area contributed by atoms with E-state index >= 15 is 0 Å². The van der Waals surface area contributed by atoms with Gasteiger partial charge in [0.1, 0.15) is 6.33 Å². The number of hydrogen-bond donors (Lipinski definition) is 0. The molecule has 0 aliphatic rings. The fraction of sp³-hybridized carbons (Fsp3) is 0.600. The van der Waals surface area contributed by atoms with Gasteiger partial charge in [-0.05, 0) is 25.7 Å². The first-order valence-electron chi connectivity index (χ1n) is 4.77. The van der Waals surface area contributed by atoms with Gasteiger partial charge in [0.25, 0.3) is 0 Å². The third-order valence-electron chi connectivity index (χ3n) is 1.82. The van der Waals surface area contributed by atoms with E-state index < -0.39 is 0 Å². The van der Waals surface area contributed by atoms with Crippen LogP contribution < -0.4 is 0 Å². The summed E-state index contributed by atoms with van der Waals surface area (Å²) in [6.45, 7) is 10.1. The minimum absolute atomic E-state index is 1.19. The molecule has 0 amide bonds. The molecule has 0 aliphatic carbocycles. The SMILES string of the molecule is CCN(CC)CC.c1cncnc1. The van der Waals surface area contributed by atoms with Crippen molar-refractivity contribution >= 4 is 0 Å². The van der Waals surface area contributed by atoms with Gasteiger partial charge >= 0.3 is 0 Å².